The number of anilines is 1. The molecule has 1 saturated heterocycles. The molecule has 2 heterocycles. The molecule has 8 nitrogen and oxygen atoms in total. The Labute approximate surface area is 175 Å². The van der Waals surface area contributed by atoms with Crippen molar-refractivity contribution < 1.29 is 23.8 Å². The van der Waals surface area contributed by atoms with E-state index in [1.54, 1.807) is 12.0 Å². The van der Waals surface area contributed by atoms with E-state index in [1.807, 2.05) is 38.1 Å². The van der Waals surface area contributed by atoms with Gasteiger partial charge >= 0.3 is 5.97 Å². The van der Waals surface area contributed by atoms with E-state index in [0.717, 1.165) is 11.1 Å². The third-order valence-electron chi connectivity index (χ3n) is 5.44. The molecule has 2 N–H and O–H groups in total. The molecule has 0 aliphatic carbocycles. The second-order valence-electron chi connectivity index (χ2n) is 7.66. The maximum Gasteiger partial charge on any atom is 0.339 e. The van der Waals surface area contributed by atoms with Crippen molar-refractivity contribution in [1.82, 2.24) is 9.88 Å². The lowest BCUT2D eigenvalue weighted by Crippen LogP contribution is -2.44. The summed E-state index contributed by atoms with van der Waals surface area (Å²) in [5.74, 6) is -0.157. The van der Waals surface area contributed by atoms with Crippen LogP contribution in [-0.4, -0.2) is 60.8 Å². The summed E-state index contributed by atoms with van der Waals surface area (Å²) >= 11 is 0. The fraction of sp³-hybridized carbons (Fsp3) is 0.409. The minimum Gasteiger partial charge on any atom is -0.482 e. The van der Waals surface area contributed by atoms with Gasteiger partial charge in [0.2, 0.25) is 5.91 Å². The first-order chi connectivity index (χ1) is 14.3. The number of ether oxygens (including phenoxy) is 3. The van der Waals surface area contributed by atoms with E-state index in [0.29, 0.717) is 19.5 Å². The smallest absolute Gasteiger partial charge is 0.339 e. The van der Waals surface area contributed by atoms with Crippen LogP contribution in [0.4, 0.5) is 5.82 Å². The van der Waals surface area contributed by atoms with Crippen molar-refractivity contribution in [2.24, 2.45) is 0 Å². The van der Waals surface area contributed by atoms with Crippen LogP contribution in [0.3, 0.4) is 0 Å². The molecule has 1 aromatic heterocycles. The van der Waals surface area contributed by atoms with E-state index in [1.165, 1.54) is 19.4 Å². The van der Waals surface area contributed by atoms with Gasteiger partial charge in [-0.05, 0) is 19.4 Å². The molecule has 30 heavy (non-hydrogen) atoms. The van der Waals surface area contributed by atoms with E-state index >= 15 is 0 Å². The zero-order chi connectivity index (χ0) is 21.9. The molecule has 0 radical (unpaired) electrons. The van der Waals surface area contributed by atoms with E-state index < -0.39 is 17.7 Å². The number of carbonyl (C=O) groups is 2. The van der Waals surface area contributed by atoms with Gasteiger partial charge in [-0.15, -0.1) is 0 Å². The van der Waals surface area contributed by atoms with Crippen LogP contribution >= 0.6 is 0 Å². The van der Waals surface area contributed by atoms with Crippen LogP contribution in [-0.2, 0) is 20.7 Å². The number of pyridine rings is 1. The molecule has 160 valence electrons. The normalized spacial score (nSPS) is 20.8. The summed E-state index contributed by atoms with van der Waals surface area (Å²) in [6.45, 7) is 4.60. The molecular weight excluding hydrogens is 386 g/mol. The number of benzene rings is 1. The Balaban J connectivity index is 1.76. The molecular formula is C22H27N3O5. The van der Waals surface area contributed by atoms with E-state index in [-0.39, 0.29) is 23.0 Å². The van der Waals surface area contributed by atoms with Gasteiger partial charge in [-0.25, -0.2) is 9.78 Å². The van der Waals surface area contributed by atoms with Crippen molar-refractivity contribution in [3.05, 3.63) is 53.2 Å². The van der Waals surface area contributed by atoms with E-state index in [2.05, 4.69) is 4.98 Å². The summed E-state index contributed by atoms with van der Waals surface area (Å²) in [7, 11) is 2.87. The fourth-order valence-corrected chi connectivity index (χ4v) is 3.41. The van der Waals surface area contributed by atoms with Crippen LogP contribution in [0.25, 0.3) is 0 Å². The Kier molecular flexibility index (Phi) is 6.26. The average Bonchev–Trinajstić information content (AvgIpc) is 3.07. The van der Waals surface area contributed by atoms with E-state index in [4.69, 9.17) is 19.9 Å². The molecule has 2 unspecified atom stereocenters. The molecule has 1 aromatic carbocycles. The largest absolute Gasteiger partial charge is 0.482 e. The number of hydrogen-bond donors (Lipinski definition) is 1. The Morgan fingerprint density at radius 3 is 2.60 bits per heavy atom. The van der Waals surface area contributed by atoms with Crippen molar-refractivity contribution in [2.45, 2.75) is 32.0 Å². The van der Waals surface area contributed by atoms with Crippen molar-refractivity contribution in [3.63, 3.8) is 0 Å². The second kappa shape index (κ2) is 8.71. The van der Waals surface area contributed by atoms with Crippen molar-refractivity contribution in [2.75, 3.05) is 33.0 Å². The van der Waals surface area contributed by atoms with Crippen LogP contribution in [0, 0.1) is 6.92 Å². The molecule has 1 aliphatic heterocycles. The minimum atomic E-state index is -0.739. The standard InChI is InChI=1S/C22H27N3O5/c1-14-5-7-15(8-6-14)9-19(26)25-12-18(22(2,13-25)29-4)30-17-10-16(21(27)28-3)11-24-20(17)23/h5-8,10-11,18H,9,12-13H2,1-4H3,(H2,23,24). The maximum atomic E-state index is 12.9. The lowest BCUT2D eigenvalue weighted by Gasteiger charge is -2.29. The number of nitrogens with zero attached hydrogens (tertiary/aromatic N) is 2. The zero-order valence-corrected chi connectivity index (χ0v) is 17.7. The highest BCUT2D eigenvalue weighted by atomic mass is 16.6. The first-order valence-electron chi connectivity index (χ1n) is 9.64. The first-order valence-corrected chi connectivity index (χ1v) is 9.64. The number of aryl methyl sites for hydroxylation is 1. The summed E-state index contributed by atoms with van der Waals surface area (Å²) in [6.07, 6.45) is 1.14. The predicted octanol–water partition coefficient (Wildman–Crippen LogP) is 2.00. The van der Waals surface area contributed by atoms with Gasteiger partial charge in [-0.2, -0.15) is 0 Å². The van der Waals surface area contributed by atoms with Crippen LogP contribution < -0.4 is 10.5 Å². The fourth-order valence-electron chi connectivity index (χ4n) is 3.41. The number of amides is 1. The van der Waals surface area contributed by atoms with Crippen LogP contribution in [0.15, 0.2) is 36.5 Å². The number of nitrogens with two attached hydrogens (primary N) is 1. The monoisotopic (exact) mass is 413 g/mol. The number of rotatable bonds is 6. The zero-order valence-electron chi connectivity index (χ0n) is 17.7. The van der Waals surface area contributed by atoms with Crippen LogP contribution in [0.2, 0.25) is 0 Å². The third-order valence-corrected chi connectivity index (χ3v) is 5.44. The molecule has 2 atom stereocenters. The van der Waals surface area contributed by atoms with Crippen molar-refractivity contribution in [3.8, 4) is 5.75 Å². The highest BCUT2D eigenvalue weighted by molar-refractivity contribution is 5.89. The minimum absolute atomic E-state index is 0.0114. The summed E-state index contributed by atoms with van der Waals surface area (Å²) in [5, 5.41) is 0. The van der Waals surface area contributed by atoms with Gasteiger partial charge in [0.25, 0.3) is 0 Å². The highest BCUT2D eigenvalue weighted by Crippen LogP contribution is 2.31. The van der Waals surface area contributed by atoms with Crippen molar-refractivity contribution in [1.29, 1.82) is 0 Å². The Morgan fingerprint density at radius 1 is 1.27 bits per heavy atom. The predicted molar refractivity (Wildman–Crippen MR) is 111 cm³/mol. The number of hydrogen-bond acceptors (Lipinski definition) is 7. The molecule has 0 saturated carbocycles. The molecule has 1 aliphatic rings. The van der Waals surface area contributed by atoms with Crippen molar-refractivity contribution >= 4 is 17.7 Å². The number of likely N-dealkylation sites (tertiary alicyclic amines) is 1. The summed E-state index contributed by atoms with van der Waals surface area (Å²) < 4.78 is 16.5. The number of methoxy groups -OCH3 is 2. The molecule has 1 fully saturated rings. The highest BCUT2D eigenvalue weighted by Gasteiger charge is 2.47. The van der Waals surface area contributed by atoms with Gasteiger partial charge in [0.05, 0.1) is 32.2 Å². The van der Waals surface area contributed by atoms with Gasteiger partial charge in [0, 0.05) is 19.4 Å². The Hall–Kier alpha value is -3.13. The summed E-state index contributed by atoms with van der Waals surface area (Å²) in [6, 6.07) is 9.37. The average molecular weight is 413 g/mol. The van der Waals surface area contributed by atoms with Gasteiger partial charge in [0.1, 0.15) is 11.7 Å². The Morgan fingerprint density at radius 2 is 1.97 bits per heavy atom. The second-order valence-corrected chi connectivity index (χ2v) is 7.66. The number of aromatic nitrogens is 1. The summed E-state index contributed by atoms with van der Waals surface area (Å²) in [5.41, 5.74) is 7.53. The maximum absolute atomic E-state index is 12.9. The summed E-state index contributed by atoms with van der Waals surface area (Å²) in [4.78, 5) is 30.4. The molecule has 8 heteroatoms. The lowest BCUT2D eigenvalue weighted by molar-refractivity contribution is -0.130. The number of carbonyl (C=O) groups excluding carboxylic acids is 2. The Bertz CT molecular complexity index is 931. The van der Waals surface area contributed by atoms with Gasteiger partial charge < -0.3 is 24.8 Å². The third kappa shape index (κ3) is 4.54. The molecule has 0 bridgehead atoms. The number of nitrogen functional groups attached to an aromatic ring is 1. The van der Waals surface area contributed by atoms with Crippen LogP contribution in [0.1, 0.15) is 28.4 Å². The molecule has 3 rings (SSSR count). The SMILES string of the molecule is COC(=O)c1cnc(N)c(OC2CN(C(=O)Cc3ccc(C)cc3)CC2(C)OC)c1. The molecule has 0 spiro atoms. The number of esters is 1. The molecule has 1 amide bonds. The van der Waals surface area contributed by atoms with Gasteiger partial charge in [-0.1, -0.05) is 29.8 Å². The quantitative estimate of drug-likeness (QED) is 0.722. The topological polar surface area (TPSA) is 104 Å². The lowest BCUT2D eigenvalue weighted by atomic mass is 10.0. The van der Waals surface area contributed by atoms with Gasteiger partial charge in [0.15, 0.2) is 11.6 Å². The van der Waals surface area contributed by atoms with Gasteiger partial charge in [-0.3, -0.25) is 4.79 Å². The first kappa shape index (κ1) is 21.6. The molecule has 2 aromatic rings. The van der Waals surface area contributed by atoms with E-state index in [9.17, 15) is 9.59 Å². The van der Waals surface area contributed by atoms with Crippen LogP contribution in [0.5, 0.6) is 5.75 Å².